The van der Waals surface area contributed by atoms with Crippen LogP contribution in [0, 0.1) is 0 Å². The van der Waals surface area contributed by atoms with Crippen LogP contribution in [0.4, 0.5) is 0 Å². The molecule has 0 aromatic heterocycles. The SMILES string of the molecule is CO/N=C1/CCCC/C1=N\OC. The van der Waals surface area contributed by atoms with Gasteiger partial charge in [0.1, 0.15) is 25.6 Å². The van der Waals surface area contributed by atoms with Crippen molar-refractivity contribution in [1.82, 2.24) is 0 Å². The van der Waals surface area contributed by atoms with Gasteiger partial charge in [-0.2, -0.15) is 0 Å². The van der Waals surface area contributed by atoms with Crippen LogP contribution in [-0.4, -0.2) is 25.6 Å². The van der Waals surface area contributed by atoms with Crippen molar-refractivity contribution in [3.63, 3.8) is 0 Å². The van der Waals surface area contributed by atoms with Crippen LogP contribution >= 0.6 is 0 Å². The summed E-state index contributed by atoms with van der Waals surface area (Å²) in [7, 11) is 3.10. The number of oxime groups is 2. The lowest BCUT2D eigenvalue weighted by Gasteiger charge is -2.13. The molecule has 0 unspecified atom stereocenters. The molecular formula is C8H14N2O2. The van der Waals surface area contributed by atoms with Gasteiger partial charge in [0, 0.05) is 0 Å². The lowest BCUT2D eigenvalue weighted by atomic mass is 9.97. The minimum absolute atomic E-state index is 0.922. The Bertz CT molecular complexity index is 177. The molecule has 0 heterocycles. The fourth-order valence-corrected chi connectivity index (χ4v) is 1.29. The molecule has 0 atom stereocenters. The van der Waals surface area contributed by atoms with E-state index in [4.69, 9.17) is 9.68 Å². The summed E-state index contributed by atoms with van der Waals surface area (Å²) >= 11 is 0. The van der Waals surface area contributed by atoms with E-state index in [-0.39, 0.29) is 0 Å². The molecule has 0 spiro atoms. The largest absolute Gasteiger partial charge is 0.399 e. The first kappa shape index (κ1) is 9.03. The van der Waals surface area contributed by atoms with E-state index in [9.17, 15) is 0 Å². The van der Waals surface area contributed by atoms with Crippen molar-refractivity contribution < 1.29 is 9.68 Å². The van der Waals surface area contributed by atoms with E-state index in [1.165, 1.54) is 0 Å². The van der Waals surface area contributed by atoms with E-state index >= 15 is 0 Å². The molecule has 0 bridgehead atoms. The Morgan fingerprint density at radius 3 is 1.67 bits per heavy atom. The summed E-state index contributed by atoms with van der Waals surface area (Å²) in [5.41, 5.74) is 1.84. The maximum absolute atomic E-state index is 4.71. The van der Waals surface area contributed by atoms with Crippen molar-refractivity contribution in [3.8, 4) is 0 Å². The Morgan fingerprint density at radius 1 is 0.917 bits per heavy atom. The highest BCUT2D eigenvalue weighted by molar-refractivity contribution is 6.42. The molecule has 4 nitrogen and oxygen atoms in total. The minimum Gasteiger partial charge on any atom is -0.399 e. The summed E-state index contributed by atoms with van der Waals surface area (Å²) in [4.78, 5) is 9.42. The predicted octanol–water partition coefficient (Wildman–Crippen LogP) is 1.57. The summed E-state index contributed by atoms with van der Waals surface area (Å²) in [6.07, 6.45) is 4.20. The zero-order valence-corrected chi connectivity index (χ0v) is 7.54. The summed E-state index contributed by atoms with van der Waals surface area (Å²) in [6, 6.07) is 0. The van der Waals surface area contributed by atoms with E-state index in [0.717, 1.165) is 37.1 Å². The van der Waals surface area contributed by atoms with Crippen molar-refractivity contribution in [2.45, 2.75) is 25.7 Å². The van der Waals surface area contributed by atoms with E-state index in [1.807, 2.05) is 0 Å². The van der Waals surface area contributed by atoms with Gasteiger partial charge in [0.15, 0.2) is 0 Å². The number of rotatable bonds is 2. The van der Waals surface area contributed by atoms with E-state index in [0.29, 0.717) is 0 Å². The number of hydrogen-bond donors (Lipinski definition) is 0. The molecule has 0 aromatic rings. The summed E-state index contributed by atoms with van der Waals surface area (Å²) in [6.45, 7) is 0. The summed E-state index contributed by atoms with van der Waals surface area (Å²) in [5.74, 6) is 0. The molecule has 1 aliphatic carbocycles. The van der Waals surface area contributed by atoms with Crippen LogP contribution in [0.1, 0.15) is 25.7 Å². The minimum atomic E-state index is 0.922. The fourth-order valence-electron chi connectivity index (χ4n) is 1.29. The zero-order valence-electron chi connectivity index (χ0n) is 7.54. The highest BCUT2D eigenvalue weighted by Gasteiger charge is 2.15. The van der Waals surface area contributed by atoms with Crippen LogP contribution in [0.25, 0.3) is 0 Å². The average molecular weight is 170 g/mol. The predicted molar refractivity (Wildman–Crippen MR) is 47.4 cm³/mol. The molecule has 4 heteroatoms. The highest BCUT2D eigenvalue weighted by Crippen LogP contribution is 2.13. The van der Waals surface area contributed by atoms with Crippen LogP contribution in [0.2, 0.25) is 0 Å². The first-order valence-electron chi connectivity index (χ1n) is 4.09. The van der Waals surface area contributed by atoms with Gasteiger partial charge in [-0.1, -0.05) is 10.3 Å². The Kier molecular flexibility index (Phi) is 3.57. The van der Waals surface area contributed by atoms with Crippen molar-refractivity contribution in [3.05, 3.63) is 0 Å². The molecule has 0 radical (unpaired) electrons. The van der Waals surface area contributed by atoms with Gasteiger partial charge < -0.3 is 9.68 Å². The summed E-state index contributed by atoms with van der Waals surface area (Å²) < 4.78 is 0. The molecule has 1 aliphatic rings. The first-order chi connectivity index (χ1) is 5.88. The summed E-state index contributed by atoms with van der Waals surface area (Å²) in [5, 5.41) is 7.78. The standard InChI is InChI=1S/C8H14N2O2/c1-11-9-7-5-3-4-6-8(7)10-12-2/h3-6H2,1-2H3/b9-7-,10-8+. The third kappa shape index (κ3) is 2.22. The molecular weight excluding hydrogens is 156 g/mol. The normalized spacial score (nSPS) is 24.5. The Labute approximate surface area is 72.2 Å². The van der Waals surface area contributed by atoms with Gasteiger partial charge >= 0.3 is 0 Å². The van der Waals surface area contributed by atoms with Gasteiger partial charge in [-0.05, 0) is 25.7 Å². The number of hydrogen-bond acceptors (Lipinski definition) is 4. The zero-order chi connectivity index (χ0) is 8.81. The van der Waals surface area contributed by atoms with Crippen molar-refractivity contribution in [1.29, 1.82) is 0 Å². The van der Waals surface area contributed by atoms with Gasteiger partial charge in [-0.25, -0.2) is 0 Å². The maximum atomic E-state index is 4.71. The van der Waals surface area contributed by atoms with Gasteiger partial charge in [-0.3, -0.25) is 0 Å². The Morgan fingerprint density at radius 2 is 1.33 bits per heavy atom. The third-order valence-corrected chi connectivity index (χ3v) is 1.81. The second kappa shape index (κ2) is 4.74. The third-order valence-electron chi connectivity index (χ3n) is 1.81. The second-order valence-electron chi connectivity index (χ2n) is 2.65. The molecule has 0 aromatic carbocycles. The van der Waals surface area contributed by atoms with Crippen LogP contribution in [-0.2, 0) is 9.68 Å². The molecule has 1 fully saturated rings. The molecule has 1 saturated carbocycles. The molecule has 12 heavy (non-hydrogen) atoms. The lowest BCUT2D eigenvalue weighted by molar-refractivity contribution is 0.208. The topological polar surface area (TPSA) is 43.2 Å². The van der Waals surface area contributed by atoms with Crippen LogP contribution in [0.15, 0.2) is 10.3 Å². The lowest BCUT2D eigenvalue weighted by Crippen LogP contribution is -2.19. The highest BCUT2D eigenvalue weighted by atomic mass is 16.6. The van der Waals surface area contributed by atoms with Gasteiger partial charge in [0.05, 0.1) is 0 Å². The van der Waals surface area contributed by atoms with Crippen molar-refractivity contribution >= 4 is 11.4 Å². The van der Waals surface area contributed by atoms with Gasteiger partial charge in [-0.15, -0.1) is 0 Å². The average Bonchev–Trinajstić information content (AvgIpc) is 2.09. The van der Waals surface area contributed by atoms with Gasteiger partial charge in [0.25, 0.3) is 0 Å². The quantitative estimate of drug-likeness (QED) is 0.590. The van der Waals surface area contributed by atoms with Gasteiger partial charge in [0.2, 0.25) is 0 Å². The monoisotopic (exact) mass is 170 g/mol. The molecule has 0 N–H and O–H groups in total. The number of nitrogens with zero attached hydrogens (tertiary/aromatic N) is 2. The molecule has 0 saturated heterocycles. The molecule has 0 aliphatic heterocycles. The Hall–Kier alpha value is -1.06. The van der Waals surface area contributed by atoms with Crippen molar-refractivity contribution in [2.75, 3.05) is 14.2 Å². The smallest absolute Gasteiger partial charge is 0.106 e. The fraction of sp³-hybridized carbons (Fsp3) is 0.750. The van der Waals surface area contributed by atoms with Crippen LogP contribution < -0.4 is 0 Å². The molecule has 68 valence electrons. The van der Waals surface area contributed by atoms with Crippen LogP contribution in [0.3, 0.4) is 0 Å². The maximum Gasteiger partial charge on any atom is 0.106 e. The van der Waals surface area contributed by atoms with E-state index in [1.54, 1.807) is 14.2 Å². The van der Waals surface area contributed by atoms with E-state index in [2.05, 4.69) is 10.3 Å². The molecule has 1 rings (SSSR count). The first-order valence-corrected chi connectivity index (χ1v) is 4.09. The molecule has 0 amide bonds. The Balaban J connectivity index is 2.67. The van der Waals surface area contributed by atoms with Crippen LogP contribution in [0.5, 0.6) is 0 Å². The van der Waals surface area contributed by atoms with Crippen molar-refractivity contribution in [2.24, 2.45) is 10.3 Å². The van der Waals surface area contributed by atoms with E-state index < -0.39 is 0 Å². The second-order valence-corrected chi connectivity index (χ2v) is 2.65.